The molecule has 0 aliphatic heterocycles. The monoisotopic (exact) mass is 343 g/mol. The van der Waals surface area contributed by atoms with Crippen LogP contribution in [0.3, 0.4) is 0 Å². The van der Waals surface area contributed by atoms with Crippen LogP contribution in [0.15, 0.2) is 18.2 Å². The number of alkyl halides is 3. The molecule has 0 heterocycles. The highest BCUT2D eigenvalue weighted by Crippen LogP contribution is 2.31. The average molecular weight is 344 g/mol. The van der Waals surface area contributed by atoms with Crippen molar-refractivity contribution in [3.05, 3.63) is 33.8 Å². The van der Waals surface area contributed by atoms with Gasteiger partial charge in [0.25, 0.3) is 0 Å². The molecule has 1 aromatic carbocycles. The van der Waals surface area contributed by atoms with Crippen LogP contribution in [0.25, 0.3) is 0 Å². The Hall–Kier alpha value is -0.490. The van der Waals surface area contributed by atoms with Gasteiger partial charge in [0.1, 0.15) is 0 Å². The summed E-state index contributed by atoms with van der Waals surface area (Å²) in [5.41, 5.74) is 0.438. The van der Waals surface area contributed by atoms with E-state index in [1.165, 1.54) is 4.90 Å². The van der Waals surface area contributed by atoms with Gasteiger partial charge < -0.3 is 5.11 Å². The van der Waals surface area contributed by atoms with Crippen molar-refractivity contribution < 1.29 is 18.3 Å². The molecule has 1 N–H and O–H groups in total. The summed E-state index contributed by atoms with van der Waals surface area (Å²) in [5.74, 6) is 0. The van der Waals surface area contributed by atoms with Crippen molar-refractivity contribution >= 4 is 23.2 Å². The minimum atomic E-state index is -4.24. The van der Waals surface area contributed by atoms with Gasteiger partial charge in [-0.2, -0.15) is 13.2 Å². The Morgan fingerprint density at radius 1 is 1.24 bits per heavy atom. The van der Waals surface area contributed by atoms with E-state index in [0.717, 1.165) is 0 Å². The smallest absolute Gasteiger partial charge is 0.388 e. The third kappa shape index (κ3) is 6.43. The molecular weight excluding hydrogens is 326 g/mol. The maximum atomic E-state index is 12.5. The van der Waals surface area contributed by atoms with Gasteiger partial charge in [0, 0.05) is 12.1 Å². The molecule has 0 spiro atoms. The first-order valence-corrected chi connectivity index (χ1v) is 7.41. The van der Waals surface area contributed by atoms with Gasteiger partial charge in [0.2, 0.25) is 0 Å². The Bertz CT molecular complexity index is 454. The zero-order valence-corrected chi connectivity index (χ0v) is 13.1. The van der Waals surface area contributed by atoms with Crippen LogP contribution in [0, 0.1) is 0 Å². The molecule has 0 fully saturated rings. The molecule has 0 radical (unpaired) electrons. The normalized spacial score (nSPS) is 13.7. The van der Waals surface area contributed by atoms with E-state index in [1.54, 1.807) is 18.2 Å². The zero-order chi connectivity index (χ0) is 16.0. The van der Waals surface area contributed by atoms with Crippen LogP contribution < -0.4 is 0 Å². The quantitative estimate of drug-likeness (QED) is 0.776. The van der Waals surface area contributed by atoms with Crippen molar-refractivity contribution in [2.75, 3.05) is 19.6 Å². The number of benzene rings is 1. The maximum Gasteiger partial charge on any atom is 0.401 e. The number of aliphatic hydroxyl groups is 1. The molecule has 1 atom stereocenters. The third-order valence-corrected chi connectivity index (χ3v) is 3.84. The van der Waals surface area contributed by atoms with Crippen molar-refractivity contribution in [3.63, 3.8) is 0 Å². The second-order valence-corrected chi connectivity index (χ2v) is 5.62. The van der Waals surface area contributed by atoms with Crippen molar-refractivity contribution in [3.8, 4) is 0 Å². The molecule has 2 nitrogen and oxygen atoms in total. The van der Waals surface area contributed by atoms with E-state index in [2.05, 4.69) is 0 Å². The van der Waals surface area contributed by atoms with Crippen molar-refractivity contribution in [1.82, 2.24) is 4.90 Å². The summed E-state index contributed by atoms with van der Waals surface area (Å²) >= 11 is 11.8. The van der Waals surface area contributed by atoms with Gasteiger partial charge in [-0.1, -0.05) is 42.3 Å². The first kappa shape index (κ1) is 18.6. The summed E-state index contributed by atoms with van der Waals surface area (Å²) in [4.78, 5) is 1.28. The van der Waals surface area contributed by atoms with E-state index in [1.807, 2.05) is 6.92 Å². The fourth-order valence-corrected chi connectivity index (χ4v) is 2.51. The Morgan fingerprint density at radius 3 is 2.48 bits per heavy atom. The van der Waals surface area contributed by atoms with Crippen LogP contribution in [-0.2, 0) is 0 Å². The lowest BCUT2D eigenvalue weighted by Crippen LogP contribution is -2.36. The van der Waals surface area contributed by atoms with E-state index < -0.39 is 18.8 Å². The topological polar surface area (TPSA) is 23.5 Å². The molecule has 0 aliphatic rings. The van der Waals surface area contributed by atoms with E-state index in [9.17, 15) is 18.3 Å². The van der Waals surface area contributed by atoms with Crippen LogP contribution in [0.4, 0.5) is 13.2 Å². The van der Waals surface area contributed by atoms with Crippen LogP contribution in [0.1, 0.15) is 31.4 Å². The zero-order valence-electron chi connectivity index (χ0n) is 11.6. The first-order chi connectivity index (χ1) is 9.74. The number of halogens is 5. The number of rotatable bonds is 7. The molecule has 0 amide bonds. The molecule has 0 saturated heterocycles. The predicted octanol–water partition coefficient (Wildman–Crippen LogP) is 4.69. The third-order valence-electron chi connectivity index (χ3n) is 3.00. The predicted molar refractivity (Wildman–Crippen MR) is 78.8 cm³/mol. The molecule has 1 aromatic rings. The lowest BCUT2D eigenvalue weighted by molar-refractivity contribution is -0.146. The standard InChI is InChI=1S/C14H18Cl2F3NO/c1-2-7-20(9-14(17,18)19)8-6-12(21)10-4-3-5-11(15)13(10)16/h3-5,12,21H,2,6-9H2,1H3. The highest BCUT2D eigenvalue weighted by atomic mass is 35.5. The first-order valence-electron chi connectivity index (χ1n) is 6.65. The Kier molecular flexibility index (Phi) is 7.27. The second-order valence-electron chi connectivity index (χ2n) is 4.84. The summed E-state index contributed by atoms with van der Waals surface area (Å²) < 4.78 is 37.4. The fraction of sp³-hybridized carbons (Fsp3) is 0.571. The van der Waals surface area contributed by atoms with Gasteiger partial charge in [-0.05, 0) is 25.5 Å². The number of hydrogen-bond acceptors (Lipinski definition) is 2. The lowest BCUT2D eigenvalue weighted by Gasteiger charge is -2.24. The van der Waals surface area contributed by atoms with E-state index in [4.69, 9.17) is 23.2 Å². The Morgan fingerprint density at radius 2 is 1.90 bits per heavy atom. The SMILES string of the molecule is CCCN(CCC(O)c1cccc(Cl)c1Cl)CC(F)(F)F. The summed E-state index contributed by atoms with van der Waals surface area (Å²) in [6.45, 7) is 1.30. The van der Waals surface area contributed by atoms with Gasteiger partial charge in [0.05, 0.1) is 22.7 Å². The Balaban J connectivity index is 2.64. The molecule has 0 aliphatic carbocycles. The van der Waals surface area contributed by atoms with Crippen LogP contribution in [0.2, 0.25) is 10.0 Å². The van der Waals surface area contributed by atoms with Gasteiger partial charge >= 0.3 is 6.18 Å². The molecule has 0 bridgehead atoms. The van der Waals surface area contributed by atoms with Gasteiger partial charge in [-0.3, -0.25) is 4.90 Å². The molecule has 21 heavy (non-hydrogen) atoms. The number of hydrogen-bond donors (Lipinski definition) is 1. The van der Waals surface area contributed by atoms with Gasteiger partial charge in [-0.15, -0.1) is 0 Å². The van der Waals surface area contributed by atoms with Gasteiger partial charge in [-0.25, -0.2) is 0 Å². The van der Waals surface area contributed by atoms with Crippen LogP contribution in [-0.4, -0.2) is 35.8 Å². The molecular formula is C14H18Cl2F3NO. The molecule has 0 aromatic heterocycles. The highest BCUT2D eigenvalue weighted by molar-refractivity contribution is 6.42. The van der Waals surface area contributed by atoms with E-state index in [-0.39, 0.29) is 18.0 Å². The minimum absolute atomic E-state index is 0.136. The summed E-state index contributed by atoms with van der Waals surface area (Å²) in [6, 6.07) is 4.85. The molecule has 0 saturated carbocycles. The molecule has 120 valence electrons. The van der Waals surface area contributed by atoms with Crippen LogP contribution in [0.5, 0.6) is 0 Å². The van der Waals surface area contributed by atoms with Crippen molar-refractivity contribution in [1.29, 1.82) is 0 Å². The van der Waals surface area contributed by atoms with Crippen molar-refractivity contribution in [2.24, 2.45) is 0 Å². The number of nitrogens with zero attached hydrogens (tertiary/aromatic N) is 1. The van der Waals surface area contributed by atoms with E-state index in [0.29, 0.717) is 23.6 Å². The molecule has 1 rings (SSSR count). The van der Waals surface area contributed by atoms with Crippen molar-refractivity contribution in [2.45, 2.75) is 32.0 Å². The minimum Gasteiger partial charge on any atom is -0.388 e. The summed E-state index contributed by atoms with van der Waals surface area (Å²) in [7, 11) is 0. The summed E-state index contributed by atoms with van der Waals surface area (Å²) in [6.07, 6.45) is -4.41. The second kappa shape index (κ2) is 8.22. The molecule has 7 heteroatoms. The molecule has 1 unspecified atom stereocenters. The average Bonchev–Trinajstić information content (AvgIpc) is 2.37. The fourth-order valence-electron chi connectivity index (χ4n) is 2.08. The highest BCUT2D eigenvalue weighted by Gasteiger charge is 2.30. The number of aliphatic hydroxyl groups excluding tert-OH is 1. The van der Waals surface area contributed by atoms with E-state index >= 15 is 0 Å². The van der Waals surface area contributed by atoms with Crippen LogP contribution >= 0.6 is 23.2 Å². The van der Waals surface area contributed by atoms with Gasteiger partial charge in [0.15, 0.2) is 0 Å². The largest absolute Gasteiger partial charge is 0.401 e. The maximum absolute atomic E-state index is 12.5. The summed E-state index contributed by atoms with van der Waals surface area (Å²) in [5, 5.41) is 10.6. The Labute approximate surface area is 132 Å². The lowest BCUT2D eigenvalue weighted by atomic mass is 10.1.